The number of hydrogen-bond donors (Lipinski definition) is 0. The van der Waals surface area contributed by atoms with Crippen molar-refractivity contribution in [1.82, 2.24) is 4.90 Å². The monoisotopic (exact) mass is 341 g/mol. The molecule has 0 spiro atoms. The summed E-state index contributed by atoms with van der Waals surface area (Å²) in [6.45, 7) is 0.585. The topological polar surface area (TPSA) is 20.3 Å². The van der Waals surface area contributed by atoms with Gasteiger partial charge in [-0.1, -0.05) is 12.1 Å². The van der Waals surface area contributed by atoms with Gasteiger partial charge in [0.05, 0.1) is 10.2 Å². The molecule has 0 atom stereocenters. The van der Waals surface area contributed by atoms with Crippen molar-refractivity contribution in [2.24, 2.45) is 0 Å². The van der Waals surface area contributed by atoms with Crippen LogP contribution >= 0.6 is 27.3 Å². The van der Waals surface area contributed by atoms with Crippen LogP contribution in [0.25, 0.3) is 0 Å². The molecule has 0 unspecified atom stereocenters. The number of rotatable bonds is 4. The molecule has 1 aromatic carbocycles. The van der Waals surface area contributed by atoms with Crippen LogP contribution in [0.15, 0.2) is 39.5 Å². The summed E-state index contributed by atoms with van der Waals surface area (Å²) in [6, 6.07) is 8.04. The van der Waals surface area contributed by atoms with E-state index < -0.39 is 0 Å². The second kappa shape index (κ2) is 6.30. The molecule has 2 aromatic rings. The third-order valence-corrected chi connectivity index (χ3v) is 4.29. The maximum absolute atomic E-state index is 12.8. The Hall–Kier alpha value is -1.20. The summed E-state index contributed by atoms with van der Waals surface area (Å²) in [5.74, 6) is -0.262. The lowest BCUT2D eigenvalue weighted by atomic mass is 10.1. The molecule has 2 nitrogen and oxygen atoms in total. The van der Waals surface area contributed by atoms with Gasteiger partial charge in [0.15, 0.2) is 0 Å². The third kappa shape index (κ3) is 4.14. The van der Waals surface area contributed by atoms with Crippen LogP contribution in [0.4, 0.5) is 4.39 Å². The summed E-state index contributed by atoms with van der Waals surface area (Å²) >= 11 is 5.00. The van der Waals surface area contributed by atoms with Gasteiger partial charge in [-0.15, -0.1) is 11.3 Å². The van der Waals surface area contributed by atoms with Crippen LogP contribution in [0.3, 0.4) is 0 Å². The minimum atomic E-state index is -0.285. The van der Waals surface area contributed by atoms with Crippen LogP contribution in [-0.2, 0) is 17.8 Å². The largest absolute Gasteiger partial charge is 0.341 e. The first-order valence-corrected chi connectivity index (χ1v) is 7.43. The average Bonchev–Trinajstić information content (AvgIpc) is 2.77. The Morgan fingerprint density at radius 2 is 2.00 bits per heavy atom. The predicted molar refractivity (Wildman–Crippen MR) is 78.6 cm³/mol. The summed E-state index contributed by atoms with van der Waals surface area (Å²) < 4.78 is 13.8. The SMILES string of the molecule is CN(Cc1csc(Br)c1)C(=O)Cc1ccc(F)cc1. The Labute approximate surface area is 124 Å². The molecule has 100 valence electrons. The van der Waals surface area contributed by atoms with Crippen LogP contribution in [-0.4, -0.2) is 17.9 Å². The first-order valence-electron chi connectivity index (χ1n) is 5.76. The molecule has 2 rings (SSSR count). The minimum absolute atomic E-state index is 0.0222. The number of carbonyl (C=O) groups excluding carboxylic acids is 1. The molecule has 1 aromatic heterocycles. The molecule has 0 saturated heterocycles. The van der Waals surface area contributed by atoms with Gasteiger partial charge in [0.1, 0.15) is 5.82 Å². The summed E-state index contributed by atoms with van der Waals surface area (Å²) in [6.07, 6.45) is 0.294. The molecule has 0 aliphatic heterocycles. The second-order valence-electron chi connectivity index (χ2n) is 4.31. The van der Waals surface area contributed by atoms with E-state index in [9.17, 15) is 9.18 Å². The summed E-state index contributed by atoms with van der Waals surface area (Å²) in [4.78, 5) is 13.7. The van der Waals surface area contributed by atoms with Crippen molar-refractivity contribution in [3.05, 3.63) is 56.4 Å². The maximum atomic E-state index is 12.8. The number of hydrogen-bond acceptors (Lipinski definition) is 2. The zero-order valence-electron chi connectivity index (χ0n) is 10.4. The number of benzene rings is 1. The number of carbonyl (C=O) groups is 1. The van der Waals surface area contributed by atoms with E-state index in [4.69, 9.17) is 0 Å². The first kappa shape index (κ1) is 14.2. The van der Waals surface area contributed by atoms with Crippen molar-refractivity contribution in [3.8, 4) is 0 Å². The summed E-state index contributed by atoms with van der Waals surface area (Å²) in [7, 11) is 1.78. The molecule has 1 heterocycles. The number of likely N-dealkylation sites (N-methyl/N-ethyl adjacent to an activating group) is 1. The average molecular weight is 342 g/mol. The van der Waals surface area contributed by atoms with E-state index in [-0.39, 0.29) is 11.7 Å². The molecule has 0 radical (unpaired) electrons. The Morgan fingerprint density at radius 1 is 1.32 bits per heavy atom. The molecular weight excluding hydrogens is 329 g/mol. The van der Waals surface area contributed by atoms with Crippen molar-refractivity contribution >= 4 is 33.2 Å². The third-order valence-electron chi connectivity index (χ3n) is 2.74. The van der Waals surface area contributed by atoms with Crippen LogP contribution in [0.5, 0.6) is 0 Å². The molecule has 0 N–H and O–H groups in total. The van der Waals surface area contributed by atoms with Crippen molar-refractivity contribution < 1.29 is 9.18 Å². The number of thiophene rings is 1. The highest BCUT2D eigenvalue weighted by molar-refractivity contribution is 9.11. The quantitative estimate of drug-likeness (QED) is 0.827. The summed E-state index contributed by atoms with van der Waals surface area (Å²) in [5.41, 5.74) is 1.93. The number of halogens is 2. The summed E-state index contributed by atoms with van der Waals surface area (Å²) in [5, 5.41) is 2.02. The fourth-order valence-corrected chi connectivity index (χ4v) is 2.90. The van der Waals surface area contributed by atoms with Crippen molar-refractivity contribution in [2.45, 2.75) is 13.0 Å². The van der Waals surface area contributed by atoms with Gasteiger partial charge in [-0.3, -0.25) is 4.79 Å². The van der Waals surface area contributed by atoms with Gasteiger partial charge in [-0.25, -0.2) is 4.39 Å². The van der Waals surface area contributed by atoms with Gasteiger partial charge >= 0.3 is 0 Å². The molecule has 0 aliphatic rings. The lowest BCUT2D eigenvalue weighted by Gasteiger charge is -2.16. The molecule has 0 saturated carbocycles. The highest BCUT2D eigenvalue weighted by atomic mass is 79.9. The smallest absolute Gasteiger partial charge is 0.227 e. The van der Waals surface area contributed by atoms with Crippen LogP contribution in [0.1, 0.15) is 11.1 Å². The van der Waals surface area contributed by atoms with Gasteiger partial charge in [-0.2, -0.15) is 0 Å². The predicted octanol–water partition coefficient (Wildman–Crippen LogP) is 3.85. The first-order chi connectivity index (χ1) is 9.04. The maximum Gasteiger partial charge on any atom is 0.227 e. The van der Waals surface area contributed by atoms with E-state index >= 15 is 0 Å². The van der Waals surface area contributed by atoms with E-state index in [2.05, 4.69) is 15.9 Å². The van der Waals surface area contributed by atoms with Crippen molar-refractivity contribution in [3.63, 3.8) is 0 Å². The normalized spacial score (nSPS) is 10.5. The zero-order chi connectivity index (χ0) is 13.8. The number of amides is 1. The van der Waals surface area contributed by atoms with Crippen LogP contribution in [0.2, 0.25) is 0 Å². The van der Waals surface area contributed by atoms with Gasteiger partial charge in [-0.05, 0) is 50.6 Å². The molecular formula is C14H13BrFNOS. The Morgan fingerprint density at radius 3 is 2.58 bits per heavy atom. The van der Waals surface area contributed by atoms with E-state index in [0.717, 1.165) is 14.9 Å². The fraction of sp³-hybridized carbons (Fsp3) is 0.214. The van der Waals surface area contributed by atoms with E-state index in [0.29, 0.717) is 13.0 Å². The lowest BCUT2D eigenvalue weighted by Crippen LogP contribution is -2.27. The van der Waals surface area contributed by atoms with Crippen molar-refractivity contribution in [1.29, 1.82) is 0 Å². The fourth-order valence-electron chi connectivity index (χ4n) is 1.70. The number of nitrogens with zero attached hydrogens (tertiary/aromatic N) is 1. The van der Waals surface area contributed by atoms with E-state index in [1.807, 2.05) is 11.4 Å². The highest BCUT2D eigenvalue weighted by Gasteiger charge is 2.11. The molecule has 19 heavy (non-hydrogen) atoms. The molecule has 0 fully saturated rings. The molecule has 0 aliphatic carbocycles. The lowest BCUT2D eigenvalue weighted by molar-refractivity contribution is -0.129. The second-order valence-corrected chi connectivity index (χ2v) is 6.60. The van der Waals surface area contributed by atoms with Crippen LogP contribution < -0.4 is 0 Å². The van der Waals surface area contributed by atoms with E-state index in [1.165, 1.54) is 12.1 Å². The Balaban J connectivity index is 1.94. The standard InChI is InChI=1S/C14H13BrFNOS/c1-17(8-11-6-13(15)19-9-11)14(18)7-10-2-4-12(16)5-3-10/h2-6,9H,7-8H2,1H3. The van der Waals surface area contributed by atoms with E-state index in [1.54, 1.807) is 35.4 Å². The highest BCUT2D eigenvalue weighted by Crippen LogP contribution is 2.21. The molecule has 1 amide bonds. The Bertz CT molecular complexity index is 567. The Kier molecular flexibility index (Phi) is 4.71. The van der Waals surface area contributed by atoms with Gasteiger partial charge in [0.2, 0.25) is 5.91 Å². The van der Waals surface area contributed by atoms with Gasteiger partial charge < -0.3 is 4.90 Å². The van der Waals surface area contributed by atoms with Gasteiger partial charge in [0, 0.05) is 13.6 Å². The van der Waals surface area contributed by atoms with Crippen molar-refractivity contribution in [2.75, 3.05) is 7.05 Å². The minimum Gasteiger partial charge on any atom is -0.341 e. The van der Waals surface area contributed by atoms with Gasteiger partial charge in [0.25, 0.3) is 0 Å². The molecule has 0 bridgehead atoms. The molecule has 5 heteroatoms. The van der Waals surface area contributed by atoms with Crippen LogP contribution in [0, 0.1) is 5.82 Å². The zero-order valence-corrected chi connectivity index (χ0v) is 12.8.